The van der Waals surface area contributed by atoms with Crippen LogP contribution in [0, 0.1) is 22.7 Å². The molecule has 1 N–H and O–H groups in total. The number of rotatable bonds is 1. The zero-order valence-electron chi connectivity index (χ0n) is 10.1. The fourth-order valence-corrected chi connectivity index (χ4v) is 5.09. The normalized spacial score (nSPS) is 45.4. The van der Waals surface area contributed by atoms with E-state index in [-0.39, 0.29) is 17.9 Å². The smallest absolute Gasteiger partial charge is 0.153 e. The van der Waals surface area contributed by atoms with Gasteiger partial charge < -0.3 is 5.11 Å². The summed E-state index contributed by atoms with van der Waals surface area (Å²) >= 11 is 0. The van der Waals surface area contributed by atoms with Gasteiger partial charge in [-0.2, -0.15) is 5.26 Å². The van der Waals surface area contributed by atoms with Crippen molar-refractivity contribution in [3.05, 3.63) is 0 Å². The number of nitrogens with zero attached hydrogens (tertiary/aromatic N) is 1. The summed E-state index contributed by atoms with van der Waals surface area (Å²) in [5, 5.41) is 20.0. The van der Waals surface area contributed by atoms with E-state index in [0.29, 0.717) is 18.8 Å². The lowest BCUT2D eigenvalue weighted by Gasteiger charge is -2.43. The molecule has 96 valence electrons. The Labute approximate surface area is 103 Å². The van der Waals surface area contributed by atoms with Crippen molar-refractivity contribution in [3.63, 3.8) is 0 Å². The van der Waals surface area contributed by atoms with Crippen molar-refractivity contribution < 1.29 is 13.5 Å². The molecule has 0 aromatic rings. The van der Waals surface area contributed by atoms with Gasteiger partial charge in [-0.15, -0.1) is 0 Å². The maximum absolute atomic E-state index is 11.5. The Balaban J connectivity index is 2.28. The third kappa shape index (κ3) is 2.09. The molecule has 1 saturated carbocycles. The van der Waals surface area contributed by atoms with Gasteiger partial charge in [0.2, 0.25) is 0 Å². The number of aliphatic hydroxyl groups is 1. The van der Waals surface area contributed by atoms with E-state index in [1.54, 1.807) is 0 Å². The molecular weight excluding hydrogens is 238 g/mol. The molecule has 0 bridgehead atoms. The van der Waals surface area contributed by atoms with E-state index < -0.39 is 20.9 Å². The predicted octanol–water partition coefficient (Wildman–Crippen LogP) is 1.26. The third-order valence-electron chi connectivity index (χ3n) is 4.52. The Morgan fingerprint density at radius 3 is 2.29 bits per heavy atom. The van der Waals surface area contributed by atoms with Gasteiger partial charge in [-0.05, 0) is 38.0 Å². The van der Waals surface area contributed by atoms with Crippen LogP contribution in [0.1, 0.15) is 39.0 Å². The van der Waals surface area contributed by atoms with Gasteiger partial charge in [0.25, 0.3) is 0 Å². The molecule has 1 saturated heterocycles. The molecule has 0 aromatic heterocycles. The van der Waals surface area contributed by atoms with E-state index >= 15 is 0 Å². The summed E-state index contributed by atoms with van der Waals surface area (Å²) in [7, 11) is -3.17. The van der Waals surface area contributed by atoms with E-state index in [2.05, 4.69) is 13.0 Å². The Morgan fingerprint density at radius 2 is 1.88 bits per heavy atom. The Kier molecular flexibility index (Phi) is 2.99. The highest BCUT2D eigenvalue weighted by molar-refractivity contribution is 7.91. The molecule has 5 heteroatoms. The van der Waals surface area contributed by atoms with Crippen LogP contribution in [0.3, 0.4) is 0 Å². The Bertz CT molecular complexity index is 443. The average molecular weight is 257 g/mol. The second-order valence-corrected chi connectivity index (χ2v) is 7.93. The van der Waals surface area contributed by atoms with Crippen LogP contribution in [-0.2, 0) is 9.84 Å². The van der Waals surface area contributed by atoms with Crippen LogP contribution in [0.5, 0.6) is 0 Å². The first kappa shape index (κ1) is 12.8. The minimum atomic E-state index is -3.17. The predicted molar refractivity (Wildman–Crippen MR) is 63.9 cm³/mol. The van der Waals surface area contributed by atoms with Gasteiger partial charge in [-0.1, -0.05) is 6.92 Å². The molecule has 1 atom stereocenters. The maximum Gasteiger partial charge on any atom is 0.153 e. The second kappa shape index (κ2) is 3.96. The van der Waals surface area contributed by atoms with Crippen molar-refractivity contribution in [1.29, 1.82) is 5.26 Å². The molecule has 1 heterocycles. The van der Waals surface area contributed by atoms with E-state index in [4.69, 9.17) is 0 Å². The molecule has 0 aromatic carbocycles. The fourth-order valence-electron chi connectivity index (χ4n) is 3.15. The summed E-state index contributed by atoms with van der Waals surface area (Å²) in [5.74, 6) is 0.350. The summed E-state index contributed by atoms with van der Waals surface area (Å²) in [6.07, 6.45) is 3.26. The first-order valence-electron chi connectivity index (χ1n) is 6.17. The first-order chi connectivity index (χ1) is 7.83. The topological polar surface area (TPSA) is 78.2 Å². The van der Waals surface area contributed by atoms with Gasteiger partial charge in [0.1, 0.15) is 0 Å². The van der Waals surface area contributed by atoms with Gasteiger partial charge in [-0.25, -0.2) is 8.42 Å². The van der Waals surface area contributed by atoms with Crippen LogP contribution in [-0.4, -0.2) is 30.6 Å². The van der Waals surface area contributed by atoms with Gasteiger partial charge in [0.05, 0.1) is 28.6 Å². The number of sulfone groups is 1. The van der Waals surface area contributed by atoms with E-state index in [1.165, 1.54) is 0 Å². The van der Waals surface area contributed by atoms with Gasteiger partial charge in [0.15, 0.2) is 9.84 Å². The zero-order valence-corrected chi connectivity index (χ0v) is 11.0. The van der Waals surface area contributed by atoms with Crippen molar-refractivity contribution in [1.82, 2.24) is 0 Å². The number of hydrogen-bond donors (Lipinski definition) is 1. The molecule has 0 radical (unpaired) electrons. The van der Waals surface area contributed by atoms with Gasteiger partial charge in [-0.3, -0.25) is 0 Å². The van der Waals surface area contributed by atoms with Crippen molar-refractivity contribution in [2.75, 3.05) is 11.5 Å². The van der Waals surface area contributed by atoms with Crippen LogP contribution in [0.2, 0.25) is 0 Å². The fraction of sp³-hybridized carbons (Fsp3) is 0.917. The largest absolute Gasteiger partial charge is 0.387 e. The molecule has 0 amide bonds. The minimum Gasteiger partial charge on any atom is -0.387 e. The summed E-state index contributed by atoms with van der Waals surface area (Å²) < 4.78 is 23.1. The highest BCUT2D eigenvalue weighted by Crippen LogP contribution is 2.50. The lowest BCUT2D eigenvalue weighted by Crippen LogP contribution is -2.50. The number of nitriles is 1. The molecule has 1 unspecified atom stereocenters. The van der Waals surface area contributed by atoms with Crippen LogP contribution in [0.4, 0.5) is 0 Å². The van der Waals surface area contributed by atoms with Crippen LogP contribution < -0.4 is 0 Å². The molecule has 2 rings (SSSR count). The third-order valence-corrected chi connectivity index (χ3v) is 6.26. The maximum atomic E-state index is 11.5. The molecule has 4 nitrogen and oxygen atoms in total. The quantitative estimate of drug-likeness (QED) is 0.767. The van der Waals surface area contributed by atoms with Crippen LogP contribution in [0.25, 0.3) is 0 Å². The number of hydrogen-bond acceptors (Lipinski definition) is 4. The highest BCUT2D eigenvalue weighted by Gasteiger charge is 2.56. The van der Waals surface area contributed by atoms with Gasteiger partial charge >= 0.3 is 0 Å². The molecule has 2 aliphatic rings. The van der Waals surface area contributed by atoms with E-state index in [0.717, 1.165) is 12.8 Å². The van der Waals surface area contributed by atoms with E-state index in [9.17, 15) is 18.8 Å². The SMILES string of the molecule is CC1CCC(C#N)(C2(O)CCS(=O)(=O)C2)CC1. The molecule has 2 fully saturated rings. The zero-order chi connectivity index (χ0) is 12.7. The Hall–Kier alpha value is -0.600. The van der Waals surface area contributed by atoms with Crippen LogP contribution >= 0.6 is 0 Å². The summed E-state index contributed by atoms with van der Waals surface area (Å²) in [5.41, 5.74) is -2.16. The molecular formula is C12H19NO3S. The summed E-state index contributed by atoms with van der Waals surface area (Å²) in [6.45, 7) is 2.14. The van der Waals surface area contributed by atoms with Crippen molar-refractivity contribution in [3.8, 4) is 6.07 Å². The van der Waals surface area contributed by atoms with Gasteiger partial charge in [0, 0.05) is 0 Å². The van der Waals surface area contributed by atoms with Crippen molar-refractivity contribution >= 4 is 9.84 Å². The second-order valence-electron chi connectivity index (χ2n) is 5.75. The van der Waals surface area contributed by atoms with Crippen LogP contribution in [0.15, 0.2) is 0 Å². The van der Waals surface area contributed by atoms with Crippen molar-refractivity contribution in [2.24, 2.45) is 11.3 Å². The lowest BCUT2D eigenvalue weighted by molar-refractivity contribution is -0.0564. The molecule has 0 spiro atoms. The standard InChI is InChI=1S/C12H19NO3S/c1-10-2-4-11(8-13,5-3-10)12(14)6-7-17(15,16)9-12/h10,14H,2-7,9H2,1H3. The summed E-state index contributed by atoms with van der Waals surface area (Å²) in [4.78, 5) is 0. The lowest BCUT2D eigenvalue weighted by atomic mass is 9.62. The molecule has 17 heavy (non-hydrogen) atoms. The summed E-state index contributed by atoms with van der Waals surface area (Å²) in [6, 6.07) is 2.24. The first-order valence-corrected chi connectivity index (χ1v) is 7.99. The minimum absolute atomic E-state index is 0.0164. The highest BCUT2D eigenvalue weighted by atomic mass is 32.2. The van der Waals surface area contributed by atoms with Crippen molar-refractivity contribution in [2.45, 2.75) is 44.6 Å². The molecule has 1 aliphatic heterocycles. The average Bonchev–Trinajstić information content (AvgIpc) is 2.56. The molecule has 1 aliphatic carbocycles. The van der Waals surface area contributed by atoms with E-state index in [1.807, 2.05) is 0 Å². The monoisotopic (exact) mass is 257 g/mol. The Morgan fingerprint density at radius 1 is 1.29 bits per heavy atom.